The van der Waals surface area contributed by atoms with Crippen LogP contribution in [-0.2, 0) is 16.0 Å². The van der Waals surface area contributed by atoms with Crippen LogP contribution in [0.1, 0.15) is 44.1 Å². The fraction of sp³-hybridized carbons (Fsp3) is 0.529. The maximum atomic E-state index is 12.9. The van der Waals surface area contributed by atoms with E-state index in [-0.39, 0.29) is 11.8 Å². The molecule has 0 unspecified atom stereocenters. The van der Waals surface area contributed by atoms with Crippen LogP contribution in [-0.4, -0.2) is 23.0 Å². The van der Waals surface area contributed by atoms with Gasteiger partial charge in [-0.25, -0.2) is 4.79 Å². The van der Waals surface area contributed by atoms with Gasteiger partial charge in [0.1, 0.15) is 6.04 Å². The van der Waals surface area contributed by atoms with Crippen LogP contribution >= 0.6 is 0 Å². The third kappa shape index (κ3) is 2.67. The Kier molecular flexibility index (Phi) is 3.95. The molecule has 1 fully saturated rings. The van der Waals surface area contributed by atoms with Crippen molar-refractivity contribution in [2.75, 3.05) is 4.90 Å². The molecule has 1 aliphatic carbocycles. The van der Waals surface area contributed by atoms with Crippen molar-refractivity contribution < 1.29 is 14.7 Å². The van der Waals surface area contributed by atoms with Crippen molar-refractivity contribution in [2.24, 2.45) is 5.92 Å². The van der Waals surface area contributed by atoms with E-state index in [1.165, 1.54) is 12.8 Å². The summed E-state index contributed by atoms with van der Waals surface area (Å²) in [6.45, 7) is 0. The van der Waals surface area contributed by atoms with Gasteiger partial charge in [0.2, 0.25) is 5.91 Å². The molecule has 0 saturated heterocycles. The lowest BCUT2D eigenvalue weighted by Gasteiger charge is -2.27. The van der Waals surface area contributed by atoms with Crippen LogP contribution in [0.25, 0.3) is 0 Å². The molecule has 1 heterocycles. The van der Waals surface area contributed by atoms with Crippen molar-refractivity contribution in [3.8, 4) is 0 Å². The number of para-hydroxylation sites is 1. The van der Waals surface area contributed by atoms with Crippen molar-refractivity contribution in [1.82, 2.24) is 0 Å². The molecule has 4 nitrogen and oxygen atoms in total. The molecule has 1 saturated carbocycles. The Morgan fingerprint density at radius 2 is 1.71 bits per heavy atom. The molecular formula is C17H21NO3. The Morgan fingerprint density at radius 1 is 1.05 bits per heavy atom. The van der Waals surface area contributed by atoms with E-state index in [1.807, 2.05) is 24.3 Å². The molecule has 3 rings (SSSR count). The van der Waals surface area contributed by atoms with Crippen molar-refractivity contribution in [2.45, 2.75) is 51.0 Å². The van der Waals surface area contributed by atoms with Crippen molar-refractivity contribution in [3.63, 3.8) is 0 Å². The van der Waals surface area contributed by atoms with Gasteiger partial charge in [0.25, 0.3) is 0 Å². The van der Waals surface area contributed by atoms with E-state index in [1.54, 1.807) is 4.90 Å². The van der Waals surface area contributed by atoms with Gasteiger partial charge < -0.3 is 5.11 Å². The Balaban J connectivity index is 1.89. The summed E-state index contributed by atoms with van der Waals surface area (Å²) in [4.78, 5) is 26.0. The summed E-state index contributed by atoms with van der Waals surface area (Å²) in [7, 11) is 0. The van der Waals surface area contributed by atoms with E-state index in [0.29, 0.717) is 6.42 Å². The molecule has 4 heteroatoms. The second kappa shape index (κ2) is 5.88. The number of carbonyl (C=O) groups is 2. The minimum atomic E-state index is -0.909. The van der Waals surface area contributed by atoms with E-state index >= 15 is 0 Å². The number of aliphatic carboxylic acids is 1. The quantitative estimate of drug-likeness (QED) is 0.851. The first kappa shape index (κ1) is 14.1. The van der Waals surface area contributed by atoms with Gasteiger partial charge in [-0.3, -0.25) is 9.69 Å². The predicted molar refractivity (Wildman–Crippen MR) is 80.2 cm³/mol. The number of hydrogen-bond acceptors (Lipinski definition) is 2. The number of rotatable bonds is 2. The number of nitrogens with zero attached hydrogens (tertiary/aromatic N) is 1. The predicted octanol–water partition coefficient (Wildman–Crippen LogP) is 3.00. The van der Waals surface area contributed by atoms with Gasteiger partial charge in [-0.2, -0.15) is 0 Å². The molecule has 2 aliphatic rings. The molecule has 1 aromatic carbocycles. The van der Waals surface area contributed by atoms with E-state index in [4.69, 9.17) is 0 Å². The number of fused-ring (bicyclic) bond motifs is 1. The van der Waals surface area contributed by atoms with Crippen molar-refractivity contribution in [3.05, 3.63) is 29.8 Å². The number of benzene rings is 1. The van der Waals surface area contributed by atoms with Gasteiger partial charge in [0.05, 0.1) is 0 Å². The number of amides is 1. The minimum Gasteiger partial charge on any atom is -0.480 e. The van der Waals surface area contributed by atoms with E-state index in [0.717, 1.165) is 36.9 Å². The van der Waals surface area contributed by atoms with Crippen molar-refractivity contribution in [1.29, 1.82) is 0 Å². The second-order valence-electron chi connectivity index (χ2n) is 6.08. The Labute approximate surface area is 124 Å². The van der Waals surface area contributed by atoms with Crippen LogP contribution < -0.4 is 4.90 Å². The molecule has 1 N–H and O–H groups in total. The summed E-state index contributed by atoms with van der Waals surface area (Å²) in [6, 6.07) is 6.82. The molecule has 1 aromatic rings. The SMILES string of the molecule is O=C(O)[C@@H]1Cc2ccccc2N1C(=O)C1CCCCCC1. The lowest BCUT2D eigenvalue weighted by atomic mass is 9.98. The Bertz CT molecular complexity index is 547. The summed E-state index contributed by atoms with van der Waals surface area (Å²) >= 11 is 0. The third-order valence-corrected chi connectivity index (χ3v) is 4.70. The smallest absolute Gasteiger partial charge is 0.327 e. The highest BCUT2D eigenvalue weighted by atomic mass is 16.4. The number of carboxylic acid groups (broad SMARTS) is 1. The zero-order valence-electron chi connectivity index (χ0n) is 12.1. The highest BCUT2D eigenvalue weighted by molar-refractivity contribution is 6.02. The maximum absolute atomic E-state index is 12.9. The number of carbonyl (C=O) groups excluding carboxylic acids is 1. The average Bonchev–Trinajstić information content (AvgIpc) is 2.67. The van der Waals surface area contributed by atoms with Crippen molar-refractivity contribution >= 4 is 17.6 Å². The molecule has 1 amide bonds. The standard InChI is InChI=1S/C17H21NO3/c19-16(12-7-3-1-2-4-8-12)18-14-10-6-5-9-13(14)11-15(18)17(20)21/h5-6,9-10,12,15H,1-4,7-8,11H2,(H,20,21)/t15-/m0/s1. The summed E-state index contributed by atoms with van der Waals surface area (Å²) < 4.78 is 0. The fourth-order valence-corrected chi connectivity index (χ4v) is 3.58. The van der Waals surface area contributed by atoms with E-state index in [2.05, 4.69) is 0 Å². The van der Waals surface area contributed by atoms with E-state index in [9.17, 15) is 14.7 Å². The first-order chi connectivity index (χ1) is 10.2. The topological polar surface area (TPSA) is 57.6 Å². The summed E-state index contributed by atoms with van der Waals surface area (Å²) in [5, 5.41) is 9.46. The first-order valence-corrected chi connectivity index (χ1v) is 7.82. The lowest BCUT2D eigenvalue weighted by molar-refractivity contribution is -0.140. The minimum absolute atomic E-state index is 0.00856. The maximum Gasteiger partial charge on any atom is 0.327 e. The van der Waals surface area contributed by atoms with Gasteiger partial charge in [-0.15, -0.1) is 0 Å². The molecule has 112 valence electrons. The second-order valence-corrected chi connectivity index (χ2v) is 6.08. The highest BCUT2D eigenvalue weighted by Crippen LogP contribution is 2.35. The van der Waals surface area contributed by atoms with Gasteiger partial charge in [0.15, 0.2) is 0 Å². The summed E-state index contributed by atoms with van der Waals surface area (Å²) in [5.74, 6) is -0.914. The normalized spacial score (nSPS) is 22.7. The summed E-state index contributed by atoms with van der Waals surface area (Å²) in [5.41, 5.74) is 1.76. The molecule has 0 radical (unpaired) electrons. The van der Waals surface area contributed by atoms with E-state index < -0.39 is 12.0 Å². The molecule has 0 aromatic heterocycles. The zero-order chi connectivity index (χ0) is 14.8. The molecule has 1 atom stereocenters. The van der Waals surface area contributed by atoms with Crippen LogP contribution in [0.5, 0.6) is 0 Å². The van der Waals surface area contributed by atoms with Crippen LogP contribution in [0.3, 0.4) is 0 Å². The fourth-order valence-electron chi connectivity index (χ4n) is 3.58. The largest absolute Gasteiger partial charge is 0.480 e. The highest BCUT2D eigenvalue weighted by Gasteiger charge is 2.40. The lowest BCUT2D eigenvalue weighted by Crippen LogP contribution is -2.45. The molecular weight excluding hydrogens is 266 g/mol. The van der Waals surface area contributed by atoms with Crippen LogP contribution in [0.2, 0.25) is 0 Å². The van der Waals surface area contributed by atoms with Gasteiger partial charge in [0, 0.05) is 18.0 Å². The number of anilines is 1. The van der Waals surface area contributed by atoms with Crippen LogP contribution in [0.4, 0.5) is 5.69 Å². The molecule has 1 aliphatic heterocycles. The number of carboxylic acids is 1. The third-order valence-electron chi connectivity index (χ3n) is 4.70. The molecule has 0 spiro atoms. The van der Waals surface area contributed by atoms with Gasteiger partial charge in [-0.05, 0) is 24.5 Å². The molecule has 0 bridgehead atoms. The number of hydrogen-bond donors (Lipinski definition) is 1. The first-order valence-electron chi connectivity index (χ1n) is 7.82. The monoisotopic (exact) mass is 287 g/mol. The van der Waals surface area contributed by atoms with Crippen LogP contribution in [0.15, 0.2) is 24.3 Å². The van der Waals surface area contributed by atoms with Crippen LogP contribution in [0, 0.1) is 5.92 Å². The average molecular weight is 287 g/mol. The zero-order valence-corrected chi connectivity index (χ0v) is 12.1. The van der Waals surface area contributed by atoms with Gasteiger partial charge in [-0.1, -0.05) is 43.9 Å². The summed E-state index contributed by atoms with van der Waals surface area (Å²) in [6.07, 6.45) is 6.72. The molecule has 21 heavy (non-hydrogen) atoms. The Hall–Kier alpha value is -1.84. The van der Waals surface area contributed by atoms with Gasteiger partial charge >= 0.3 is 5.97 Å². The Morgan fingerprint density at radius 3 is 2.38 bits per heavy atom.